The molecule has 0 atom stereocenters. The smallest absolute Gasteiger partial charge is 0.193 e. The molecule has 2 heterocycles. The molecule has 2 aromatic rings. The molecule has 0 amide bonds. The van der Waals surface area contributed by atoms with Crippen molar-refractivity contribution in [3.8, 4) is 0 Å². The predicted molar refractivity (Wildman–Crippen MR) is 99.3 cm³/mol. The highest BCUT2D eigenvalue weighted by atomic mass is 32.2. The molecular weight excluding hydrogens is 306 g/mol. The Hall–Kier alpha value is -1.69. The number of fused-ring (bicyclic) bond motifs is 1. The molecule has 1 aromatic carbocycles. The van der Waals surface area contributed by atoms with Gasteiger partial charge in [0.25, 0.3) is 0 Å². The molecule has 5 nitrogen and oxygen atoms in total. The number of aromatic nitrogens is 2. The van der Waals surface area contributed by atoms with Crippen LogP contribution in [0.4, 0.5) is 0 Å². The molecule has 2 N–H and O–H groups in total. The lowest BCUT2D eigenvalue weighted by Crippen LogP contribution is -2.51. The Morgan fingerprint density at radius 1 is 1.43 bits per heavy atom. The highest BCUT2D eigenvalue weighted by molar-refractivity contribution is 8.00. The third kappa shape index (κ3) is 3.99. The largest absolute Gasteiger partial charge is 0.356 e. The molecule has 124 valence electrons. The van der Waals surface area contributed by atoms with Crippen LogP contribution < -0.4 is 5.32 Å². The van der Waals surface area contributed by atoms with Crippen molar-refractivity contribution in [2.24, 2.45) is 4.99 Å². The summed E-state index contributed by atoms with van der Waals surface area (Å²) in [5, 5.41) is 3.48. The van der Waals surface area contributed by atoms with Crippen LogP contribution in [0, 0.1) is 0 Å². The maximum absolute atomic E-state index is 4.62. The minimum absolute atomic E-state index is 0.286. The van der Waals surface area contributed by atoms with E-state index < -0.39 is 0 Å². The van der Waals surface area contributed by atoms with E-state index in [1.54, 1.807) is 0 Å². The van der Waals surface area contributed by atoms with Crippen molar-refractivity contribution in [2.75, 3.05) is 32.4 Å². The first-order valence-corrected chi connectivity index (χ1v) is 9.09. The number of rotatable bonds is 3. The predicted octanol–water partition coefficient (Wildman–Crippen LogP) is 2.51. The van der Waals surface area contributed by atoms with Gasteiger partial charge in [-0.2, -0.15) is 11.8 Å². The molecule has 1 aliphatic rings. The fourth-order valence-electron chi connectivity index (χ4n) is 2.95. The van der Waals surface area contributed by atoms with Gasteiger partial charge in [0.15, 0.2) is 5.96 Å². The van der Waals surface area contributed by atoms with E-state index in [-0.39, 0.29) is 4.75 Å². The van der Waals surface area contributed by atoms with Crippen LogP contribution in [0.1, 0.15) is 19.7 Å². The average Bonchev–Trinajstić information content (AvgIpc) is 2.93. The number of nitrogens with zero attached hydrogens (tertiary/aromatic N) is 3. The third-order valence-electron chi connectivity index (χ3n) is 4.02. The van der Waals surface area contributed by atoms with E-state index in [0.29, 0.717) is 0 Å². The highest BCUT2D eigenvalue weighted by Gasteiger charge is 2.28. The second-order valence-corrected chi connectivity index (χ2v) is 8.26. The van der Waals surface area contributed by atoms with Crippen LogP contribution in [0.2, 0.25) is 0 Å². The van der Waals surface area contributed by atoms with Crippen LogP contribution in [0.15, 0.2) is 29.3 Å². The highest BCUT2D eigenvalue weighted by Crippen LogP contribution is 2.29. The van der Waals surface area contributed by atoms with Gasteiger partial charge < -0.3 is 15.2 Å². The zero-order valence-corrected chi connectivity index (χ0v) is 14.9. The van der Waals surface area contributed by atoms with Crippen LogP contribution in [0.25, 0.3) is 11.0 Å². The van der Waals surface area contributed by atoms with E-state index in [4.69, 9.17) is 0 Å². The molecule has 1 fully saturated rings. The second-order valence-electron chi connectivity index (χ2n) is 6.45. The maximum atomic E-state index is 4.62. The van der Waals surface area contributed by atoms with E-state index in [2.05, 4.69) is 45.1 Å². The lowest BCUT2D eigenvalue weighted by molar-refractivity contribution is 0.376. The van der Waals surface area contributed by atoms with Crippen molar-refractivity contribution in [3.05, 3.63) is 30.1 Å². The lowest BCUT2D eigenvalue weighted by Gasteiger charge is -2.39. The Morgan fingerprint density at radius 2 is 2.26 bits per heavy atom. The van der Waals surface area contributed by atoms with E-state index in [0.717, 1.165) is 54.6 Å². The van der Waals surface area contributed by atoms with E-state index in [1.165, 1.54) is 0 Å². The number of H-pyrrole nitrogens is 1. The number of hydrogen-bond acceptors (Lipinski definition) is 3. The van der Waals surface area contributed by atoms with Crippen molar-refractivity contribution in [3.63, 3.8) is 0 Å². The molecule has 1 aliphatic heterocycles. The van der Waals surface area contributed by atoms with Crippen LogP contribution >= 0.6 is 11.8 Å². The third-order valence-corrected chi connectivity index (χ3v) is 5.32. The molecule has 0 bridgehead atoms. The van der Waals surface area contributed by atoms with Gasteiger partial charge in [0.05, 0.1) is 11.0 Å². The molecule has 0 aliphatic carbocycles. The van der Waals surface area contributed by atoms with Crippen LogP contribution in [-0.2, 0) is 6.42 Å². The SMILES string of the molecule is CN=C(NCCc1nc2ccccc2[nH]1)N1CCSC(C)(C)C1. The summed E-state index contributed by atoms with van der Waals surface area (Å²) in [6.07, 6.45) is 0.861. The summed E-state index contributed by atoms with van der Waals surface area (Å²) in [5.41, 5.74) is 2.13. The van der Waals surface area contributed by atoms with Gasteiger partial charge >= 0.3 is 0 Å². The number of thioether (sulfide) groups is 1. The number of guanidine groups is 1. The van der Waals surface area contributed by atoms with Crippen molar-refractivity contribution >= 4 is 28.8 Å². The summed E-state index contributed by atoms with van der Waals surface area (Å²) in [7, 11) is 1.86. The van der Waals surface area contributed by atoms with Crippen LogP contribution in [0.5, 0.6) is 0 Å². The first-order valence-electron chi connectivity index (χ1n) is 8.10. The summed E-state index contributed by atoms with van der Waals surface area (Å²) in [6, 6.07) is 8.14. The van der Waals surface area contributed by atoms with Crippen molar-refractivity contribution in [2.45, 2.75) is 25.0 Å². The van der Waals surface area contributed by atoms with Crippen LogP contribution in [0.3, 0.4) is 0 Å². The quantitative estimate of drug-likeness (QED) is 0.670. The molecule has 23 heavy (non-hydrogen) atoms. The molecule has 0 radical (unpaired) electrons. The van der Waals surface area contributed by atoms with Gasteiger partial charge in [-0.3, -0.25) is 4.99 Å². The Bertz CT molecular complexity index is 658. The summed E-state index contributed by atoms with van der Waals surface area (Å²) in [6.45, 7) is 7.51. The summed E-state index contributed by atoms with van der Waals surface area (Å²) in [5.74, 6) is 3.16. The van der Waals surface area contributed by atoms with Crippen molar-refractivity contribution in [1.82, 2.24) is 20.2 Å². The summed E-state index contributed by atoms with van der Waals surface area (Å²) >= 11 is 2.04. The maximum Gasteiger partial charge on any atom is 0.193 e. The van der Waals surface area contributed by atoms with E-state index in [9.17, 15) is 0 Å². The topological polar surface area (TPSA) is 56.3 Å². The first kappa shape index (κ1) is 16.2. The number of imidazole rings is 1. The molecular formula is C17H25N5S. The van der Waals surface area contributed by atoms with Gasteiger partial charge in [0, 0.05) is 43.6 Å². The second kappa shape index (κ2) is 6.83. The Kier molecular flexibility index (Phi) is 4.80. The Balaban J connectivity index is 1.56. The number of aromatic amines is 1. The zero-order valence-electron chi connectivity index (χ0n) is 14.1. The molecule has 3 rings (SSSR count). The van der Waals surface area contributed by atoms with Gasteiger partial charge in [0.2, 0.25) is 0 Å². The normalized spacial score (nSPS) is 18.4. The summed E-state index contributed by atoms with van der Waals surface area (Å²) in [4.78, 5) is 14.8. The summed E-state index contributed by atoms with van der Waals surface area (Å²) < 4.78 is 0.286. The van der Waals surface area contributed by atoms with E-state index >= 15 is 0 Å². The molecule has 1 aromatic heterocycles. The zero-order chi connectivity index (χ0) is 16.3. The fourth-order valence-corrected chi connectivity index (χ4v) is 4.06. The van der Waals surface area contributed by atoms with Gasteiger partial charge in [0.1, 0.15) is 5.82 Å². The monoisotopic (exact) mass is 331 g/mol. The molecule has 0 unspecified atom stereocenters. The minimum atomic E-state index is 0.286. The number of nitrogens with one attached hydrogen (secondary N) is 2. The Labute approximate surface area is 142 Å². The number of para-hydroxylation sites is 2. The number of hydrogen-bond donors (Lipinski definition) is 2. The van der Waals surface area contributed by atoms with Gasteiger partial charge in [-0.1, -0.05) is 12.1 Å². The first-order chi connectivity index (χ1) is 11.1. The van der Waals surface area contributed by atoms with Crippen molar-refractivity contribution < 1.29 is 0 Å². The minimum Gasteiger partial charge on any atom is -0.356 e. The number of benzene rings is 1. The standard InChI is InChI=1S/C17H25N5S/c1-17(2)12-22(10-11-23-17)16(18-3)19-9-8-15-20-13-6-4-5-7-14(13)21-15/h4-7H,8-12H2,1-3H3,(H,18,19)(H,20,21). The van der Waals surface area contributed by atoms with Gasteiger partial charge in [-0.15, -0.1) is 0 Å². The average molecular weight is 331 g/mol. The van der Waals surface area contributed by atoms with Crippen molar-refractivity contribution in [1.29, 1.82) is 0 Å². The fraction of sp³-hybridized carbons (Fsp3) is 0.529. The van der Waals surface area contributed by atoms with Crippen LogP contribution in [-0.4, -0.2) is 58.0 Å². The number of aliphatic imine (C=N–C) groups is 1. The Morgan fingerprint density at radius 3 is 3.00 bits per heavy atom. The molecule has 0 saturated carbocycles. The van der Waals surface area contributed by atoms with Gasteiger partial charge in [-0.25, -0.2) is 4.98 Å². The molecule has 6 heteroatoms. The molecule has 1 saturated heterocycles. The van der Waals surface area contributed by atoms with E-state index in [1.807, 2.05) is 37.0 Å². The lowest BCUT2D eigenvalue weighted by atomic mass is 10.2. The van der Waals surface area contributed by atoms with Gasteiger partial charge in [-0.05, 0) is 26.0 Å². The molecule has 0 spiro atoms.